The van der Waals surface area contributed by atoms with Crippen LogP contribution in [0.25, 0.3) is 0 Å². The molecule has 0 saturated carbocycles. The summed E-state index contributed by atoms with van der Waals surface area (Å²) in [5.41, 5.74) is 1.64. The van der Waals surface area contributed by atoms with Crippen LogP contribution in [-0.4, -0.2) is 5.11 Å². The highest BCUT2D eigenvalue weighted by molar-refractivity contribution is 5.29. The van der Waals surface area contributed by atoms with Crippen molar-refractivity contribution in [1.82, 2.24) is 0 Å². The van der Waals surface area contributed by atoms with Crippen molar-refractivity contribution in [2.75, 3.05) is 0 Å². The molecule has 1 N–H and O–H groups in total. The second kappa shape index (κ2) is 6.82. The molecule has 1 aromatic rings. The van der Waals surface area contributed by atoms with Crippen molar-refractivity contribution in [3.05, 3.63) is 29.8 Å². The summed E-state index contributed by atoms with van der Waals surface area (Å²) in [5, 5.41) is 9.39. The van der Waals surface area contributed by atoms with Crippen molar-refractivity contribution in [2.24, 2.45) is 5.41 Å². The van der Waals surface area contributed by atoms with E-state index < -0.39 is 0 Å². The Morgan fingerprint density at radius 1 is 1.00 bits per heavy atom. The van der Waals surface area contributed by atoms with E-state index in [-0.39, 0.29) is 5.41 Å². The van der Waals surface area contributed by atoms with Crippen LogP contribution < -0.4 is 0 Å². The SMILES string of the molecule is CCCCCCC(c1ccc(O)cc1)C(C)(C)C. The molecule has 18 heavy (non-hydrogen) atoms. The fourth-order valence-corrected chi connectivity index (χ4v) is 2.58. The van der Waals surface area contributed by atoms with Gasteiger partial charge in [-0.2, -0.15) is 0 Å². The highest BCUT2D eigenvalue weighted by Crippen LogP contribution is 2.39. The molecule has 0 fully saturated rings. The predicted octanol–water partition coefficient (Wildman–Crippen LogP) is 5.49. The van der Waals surface area contributed by atoms with Crippen LogP contribution in [0.15, 0.2) is 24.3 Å². The molecule has 0 radical (unpaired) electrons. The number of aromatic hydroxyl groups is 1. The van der Waals surface area contributed by atoms with Gasteiger partial charge in [0.2, 0.25) is 0 Å². The summed E-state index contributed by atoms with van der Waals surface area (Å²) < 4.78 is 0. The molecule has 1 atom stereocenters. The van der Waals surface area contributed by atoms with Crippen molar-refractivity contribution in [1.29, 1.82) is 0 Å². The van der Waals surface area contributed by atoms with E-state index in [0.29, 0.717) is 11.7 Å². The molecule has 0 aliphatic carbocycles. The van der Waals surface area contributed by atoms with E-state index in [4.69, 9.17) is 0 Å². The molecule has 1 unspecified atom stereocenters. The molecule has 102 valence electrons. The van der Waals surface area contributed by atoms with Crippen LogP contribution in [0, 0.1) is 5.41 Å². The van der Waals surface area contributed by atoms with Crippen LogP contribution in [-0.2, 0) is 0 Å². The Morgan fingerprint density at radius 2 is 1.61 bits per heavy atom. The average Bonchev–Trinajstić information content (AvgIpc) is 2.29. The molecule has 0 aliphatic rings. The maximum absolute atomic E-state index is 9.39. The monoisotopic (exact) mass is 248 g/mol. The standard InChI is InChI=1S/C17H28O/c1-5-6-7-8-9-16(17(2,3)4)14-10-12-15(18)13-11-14/h10-13,16,18H,5-9H2,1-4H3. The van der Waals surface area contributed by atoms with Gasteiger partial charge in [-0.15, -0.1) is 0 Å². The smallest absolute Gasteiger partial charge is 0.115 e. The van der Waals surface area contributed by atoms with E-state index in [9.17, 15) is 5.11 Å². The van der Waals surface area contributed by atoms with E-state index in [1.54, 1.807) is 12.1 Å². The first-order valence-electron chi connectivity index (χ1n) is 7.24. The lowest BCUT2D eigenvalue weighted by Gasteiger charge is -2.31. The summed E-state index contributed by atoms with van der Waals surface area (Å²) in [5.74, 6) is 0.937. The maximum atomic E-state index is 9.39. The van der Waals surface area contributed by atoms with Crippen LogP contribution in [0.2, 0.25) is 0 Å². The second-order valence-electron chi connectivity index (χ2n) is 6.36. The third-order valence-corrected chi connectivity index (χ3v) is 3.69. The number of phenolic OH excluding ortho intramolecular Hbond substituents is 1. The number of hydrogen-bond donors (Lipinski definition) is 1. The number of unbranched alkanes of at least 4 members (excludes halogenated alkanes) is 3. The quantitative estimate of drug-likeness (QED) is 0.660. The van der Waals surface area contributed by atoms with Gasteiger partial charge in [-0.05, 0) is 35.4 Å². The van der Waals surface area contributed by atoms with Gasteiger partial charge in [0.1, 0.15) is 5.75 Å². The molecule has 0 aliphatic heterocycles. The van der Waals surface area contributed by atoms with Crippen LogP contribution in [0.3, 0.4) is 0 Å². The Morgan fingerprint density at radius 3 is 2.11 bits per heavy atom. The van der Waals surface area contributed by atoms with Gasteiger partial charge in [0, 0.05) is 0 Å². The zero-order valence-corrected chi connectivity index (χ0v) is 12.4. The highest BCUT2D eigenvalue weighted by Gasteiger charge is 2.25. The van der Waals surface area contributed by atoms with Gasteiger partial charge in [-0.25, -0.2) is 0 Å². The Labute approximate surface area is 112 Å². The zero-order chi connectivity index (χ0) is 13.6. The summed E-state index contributed by atoms with van der Waals surface area (Å²) >= 11 is 0. The van der Waals surface area contributed by atoms with Crippen molar-refractivity contribution < 1.29 is 5.11 Å². The van der Waals surface area contributed by atoms with Gasteiger partial charge in [0.15, 0.2) is 0 Å². The van der Waals surface area contributed by atoms with Crippen LogP contribution >= 0.6 is 0 Å². The predicted molar refractivity (Wildman–Crippen MR) is 79.1 cm³/mol. The minimum Gasteiger partial charge on any atom is -0.508 e. The lowest BCUT2D eigenvalue weighted by molar-refractivity contribution is 0.297. The third kappa shape index (κ3) is 4.72. The minimum atomic E-state index is 0.281. The van der Waals surface area contributed by atoms with Crippen LogP contribution in [0.1, 0.15) is 71.3 Å². The number of hydrogen-bond acceptors (Lipinski definition) is 1. The van der Waals surface area contributed by atoms with E-state index in [0.717, 1.165) is 0 Å². The van der Waals surface area contributed by atoms with Gasteiger partial charge in [-0.3, -0.25) is 0 Å². The van der Waals surface area contributed by atoms with Crippen LogP contribution in [0.5, 0.6) is 5.75 Å². The van der Waals surface area contributed by atoms with Crippen molar-refractivity contribution in [3.63, 3.8) is 0 Å². The van der Waals surface area contributed by atoms with E-state index in [1.807, 2.05) is 0 Å². The lowest BCUT2D eigenvalue weighted by Crippen LogP contribution is -2.18. The first-order chi connectivity index (χ1) is 8.45. The first kappa shape index (κ1) is 15.1. The molecule has 0 amide bonds. The van der Waals surface area contributed by atoms with Crippen molar-refractivity contribution in [3.8, 4) is 5.75 Å². The maximum Gasteiger partial charge on any atom is 0.115 e. The summed E-state index contributed by atoms with van der Waals surface area (Å²) in [7, 11) is 0. The Bertz CT molecular complexity index is 332. The van der Waals surface area contributed by atoms with E-state index in [2.05, 4.69) is 39.8 Å². The summed E-state index contributed by atoms with van der Waals surface area (Å²) in [6.07, 6.45) is 6.51. The van der Waals surface area contributed by atoms with Gasteiger partial charge in [-0.1, -0.05) is 65.5 Å². The topological polar surface area (TPSA) is 20.2 Å². The van der Waals surface area contributed by atoms with E-state index in [1.165, 1.54) is 37.7 Å². The van der Waals surface area contributed by atoms with Gasteiger partial charge in [0.05, 0.1) is 0 Å². The third-order valence-electron chi connectivity index (χ3n) is 3.69. The molecule has 0 heterocycles. The highest BCUT2D eigenvalue weighted by atomic mass is 16.3. The largest absolute Gasteiger partial charge is 0.508 e. The molecule has 1 rings (SSSR count). The van der Waals surface area contributed by atoms with Crippen molar-refractivity contribution in [2.45, 2.75) is 65.7 Å². The molecule has 0 saturated heterocycles. The molecule has 0 spiro atoms. The number of benzene rings is 1. The van der Waals surface area contributed by atoms with Gasteiger partial charge < -0.3 is 5.11 Å². The van der Waals surface area contributed by atoms with E-state index >= 15 is 0 Å². The molecular weight excluding hydrogens is 220 g/mol. The number of rotatable bonds is 6. The molecule has 1 nitrogen and oxygen atoms in total. The molecule has 0 aromatic heterocycles. The van der Waals surface area contributed by atoms with Crippen molar-refractivity contribution >= 4 is 0 Å². The Kier molecular flexibility index (Phi) is 5.71. The normalized spacial score (nSPS) is 13.6. The zero-order valence-electron chi connectivity index (χ0n) is 12.4. The lowest BCUT2D eigenvalue weighted by atomic mass is 9.74. The molecule has 1 heteroatoms. The average molecular weight is 248 g/mol. The summed E-state index contributed by atoms with van der Waals surface area (Å²) in [6.45, 7) is 9.18. The van der Waals surface area contributed by atoms with Gasteiger partial charge >= 0.3 is 0 Å². The second-order valence-corrected chi connectivity index (χ2v) is 6.36. The summed E-state index contributed by atoms with van der Waals surface area (Å²) in [4.78, 5) is 0. The molecule has 0 bridgehead atoms. The molecular formula is C17H28O. The fourth-order valence-electron chi connectivity index (χ4n) is 2.58. The summed E-state index contributed by atoms with van der Waals surface area (Å²) in [6, 6.07) is 7.76. The first-order valence-corrected chi connectivity index (χ1v) is 7.24. The molecule has 1 aromatic carbocycles. The number of phenols is 1. The Balaban J connectivity index is 2.70. The minimum absolute atomic E-state index is 0.281. The fraction of sp³-hybridized carbons (Fsp3) is 0.647. The van der Waals surface area contributed by atoms with Crippen LogP contribution in [0.4, 0.5) is 0 Å². The Hall–Kier alpha value is -0.980. The van der Waals surface area contributed by atoms with Gasteiger partial charge in [0.25, 0.3) is 0 Å².